The Labute approximate surface area is 130 Å². The first kappa shape index (κ1) is 16.6. The Morgan fingerprint density at radius 1 is 1.48 bits per heavy atom. The van der Waals surface area contributed by atoms with Crippen LogP contribution in [0.5, 0.6) is 0 Å². The second-order valence-corrected chi connectivity index (χ2v) is 8.04. The zero-order chi connectivity index (χ0) is 15.3. The van der Waals surface area contributed by atoms with Crippen molar-refractivity contribution in [3.8, 4) is 0 Å². The number of ether oxygens (including phenoxy) is 1. The van der Waals surface area contributed by atoms with Gasteiger partial charge in [-0.15, -0.1) is 11.3 Å². The molecular formula is C14H22N2O3S2. The smallest absolute Gasteiger partial charge is 0.252 e. The third kappa shape index (κ3) is 4.14. The van der Waals surface area contributed by atoms with Crippen LogP contribution in [0, 0.1) is 0 Å². The zero-order valence-electron chi connectivity index (χ0n) is 12.5. The molecule has 5 nitrogen and oxygen atoms in total. The molecular weight excluding hydrogens is 308 g/mol. The molecule has 0 atom stereocenters. The average molecular weight is 330 g/mol. The summed E-state index contributed by atoms with van der Waals surface area (Å²) >= 11 is 1.30. The van der Waals surface area contributed by atoms with Crippen LogP contribution in [0.2, 0.25) is 0 Å². The van der Waals surface area contributed by atoms with Gasteiger partial charge in [-0.3, -0.25) is 0 Å². The summed E-state index contributed by atoms with van der Waals surface area (Å²) in [6, 6.07) is 1.77. The first-order valence-electron chi connectivity index (χ1n) is 7.03. The van der Waals surface area contributed by atoms with Gasteiger partial charge in [-0.05, 0) is 35.5 Å². The van der Waals surface area contributed by atoms with Crippen LogP contribution in [-0.2, 0) is 21.3 Å². The molecule has 0 aromatic carbocycles. The Morgan fingerprint density at radius 2 is 2.29 bits per heavy atom. The lowest BCUT2D eigenvalue weighted by molar-refractivity contribution is 0.219. The standard InChI is InChI=1S/C14H22N2O3S2/c1-3-15-9-13-8-14(20-11-13)21(17,18)16-6-4-12(5-7-16)10-19-2/h4,8,11,15H,3,5-7,9-10H2,1-2H3. The molecule has 0 saturated carbocycles. The van der Waals surface area contributed by atoms with Gasteiger partial charge >= 0.3 is 0 Å². The van der Waals surface area contributed by atoms with Crippen LogP contribution in [0.4, 0.5) is 0 Å². The van der Waals surface area contributed by atoms with Gasteiger partial charge in [-0.1, -0.05) is 13.0 Å². The number of sulfonamides is 1. The highest BCUT2D eigenvalue weighted by atomic mass is 32.2. The lowest BCUT2D eigenvalue weighted by atomic mass is 10.1. The van der Waals surface area contributed by atoms with Gasteiger partial charge in [0.1, 0.15) is 4.21 Å². The van der Waals surface area contributed by atoms with Crippen molar-refractivity contribution in [3.05, 3.63) is 28.7 Å². The molecule has 1 aliphatic heterocycles. The monoisotopic (exact) mass is 330 g/mol. The largest absolute Gasteiger partial charge is 0.380 e. The fourth-order valence-corrected chi connectivity index (χ4v) is 4.95. The summed E-state index contributed by atoms with van der Waals surface area (Å²) in [5.74, 6) is 0. The molecule has 21 heavy (non-hydrogen) atoms. The number of thiophene rings is 1. The van der Waals surface area contributed by atoms with Crippen molar-refractivity contribution < 1.29 is 13.2 Å². The molecule has 0 saturated heterocycles. The normalized spacial score (nSPS) is 17.0. The number of nitrogens with one attached hydrogen (secondary N) is 1. The van der Waals surface area contributed by atoms with Gasteiger partial charge in [0.25, 0.3) is 10.0 Å². The summed E-state index contributed by atoms with van der Waals surface area (Å²) in [6.07, 6.45) is 2.69. The predicted molar refractivity (Wildman–Crippen MR) is 85.0 cm³/mol. The van der Waals surface area contributed by atoms with E-state index in [-0.39, 0.29) is 0 Å². The van der Waals surface area contributed by atoms with Gasteiger partial charge in [0.15, 0.2) is 0 Å². The summed E-state index contributed by atoms with van der Waals surface area (Å²) in [4.78, 5) is 0. The highest BCUT2D eigenvalue weighted by Gasteiger charge is 2.27. The maximum absolute atomic E-state index is 12.6. The van der Waals surface area contributed by atoms with Crippen LogP contribution >= 0.6 is 11.3 Å². The van der Waals surface area contributed by atoms with E-state index < -0.39 is 10.0 Å². The zero-order valence-corrected chi connectivity index (χ0v) is 14.1. The molecule has 0 radical (unpaired) electrons. The molecule has 2 heterocycles. The summed E-state index contributed by atoms with van der Waals surface area (Å²) in [5, 5.41) is 5.11. The summed E-state index contributed by atoms with van der Waals surface area (Å²) in [6.45, 7) is 5.15. The molecule has 1 aromatic heterocycles. The van der Waals surface area contributed by atoms with Crippen molar-refractivity contribution in [2.24, 2.45) is 0 Å². The quantitative estimate of drug-likeness (QED) is 0.775. The molecule has 0 spiro atoms. The fraction of sp³-hybridized carbons (Fsp3) is 0.571. The Kier molecular flexibility index (Phi) is 5.95. The van der Waals surface area contributed by atoms with Gasteiger partial charge in [0, 0.05) is 26.7 Å². The SMILES string of the molecule is CCNCc1csc(S(=O)(=O)N2CC=C(COC)CC2)c1. The van der Waals surface area contributed by atoms with E-state index in [9.17, 15) is 8.42 Å². The Morgan fingerprint density at radius 3 is 2.90 bits per heavy atom. The maximum atomic E-state index is 12.6. The van der Waals surface area contributed by atoms with Gasteiger partial charge in [-0.25, -0.2) is 8.42 Å². The van der Waals surface area contributed by atoms with Crippen LogP contribution in [0.1, 0.15) is 18.9 Å². The lowest BCUT2D eigenvalue weighted by Crippen LogP contribution is -2.34. The molecule has 0 amide bonds. The topological polar surface area (TPSA) is 58.6 Å². The lowest BCUT2D eigenvalue weighted by Gasteiger charge is -2.25. The average Bonchev–Trinajstić information content (AvgIpc) is 2.96. The van der Waals surface area contributed by atoms with Crippen LogP contribution in [-0.4, -0.2) is 46.1 Å². The van der Waals surface area contributed by atoms with Crippen molar-refractivity contribution in [2.75, 3.05) is 33.4 Å². The van der Waals surface area contributed by atoms with E-state index in [0.29, 0.717) is 30.5 Å². The Hall–Kier alpha value is -0.730. The van der Waals surface area contributed by atoms with Crippen LogP contribution in [0.3, 0.4) is 0 Å². The predicted octanol–water partition coefficient (Wildman–Crippen LogP) is 1.82. The van der Waals surface area contributed by atoms with E-state index in [4.69, 9.17) is 4.74 Å². The van der Waals surface area contributed by atoms with Crippen molar-refractivity contribution in [1.82, 2.24) is 9.62 Å². The van der Waals surface area contributed by atoms with E-state index >= 15 is 0 Å². The van der Waals surface area contributed by atoms with E-state index in [0.717, 1.165) is 18.5 Å². The summed E-state index contributed by atoms with van der Waals surface area (Å²) in [5.41, 5.74) is 2.19. The van der Waals surface area contributed by atoms with Crippen molar-refractivity contribution >= 4 is 21.4 Å². The van der Waals surface area contributed by atoms with Crippen LogP contribution in [0.25, 0.3) is 0 Å². The summed E-state index contributed by atoms with van der Waals surface area (Å²) in [7, 11) is -1.71. The van der Waals surface area contributed by atoms with E-state index in [1.807, 2.05) is 18.4 Å². The maximum Gasteiger partial charge on any atom is 0.252 e. The number of hydrogen-bond acceptors (Lipinski definition) is 5. The minimum Gasteiger partial charge on any atom is -0.380 e. The highest BCUT2D eigenvalue weighted by Crippen LogP contribution is 2.26. The second kappa shape index (κ2) is 7.51. The third-order valence-electron chi connectivity index (χ3n) is 3.40. The van der Waals surface area contributed by atoms with E-state index in [2.05, 4.69) is 5.32 Å². The minimum atomic E-state index is -3.37. The number of rotatable bonds is 7. The molecule has 0 unspecified atom stereocenters. The number of methoxy groups -OCH3 is 1. The summed E-state index contributed by atoms with van der Waals surface area (Å²) < 4.78 is 32.2. The molecule has 1 aromatic rings. The molecule has 1 aliphatic rings. The van der Waals surface area contributed by atoms with Crippen molar-refractivity contribution in [3.63, 3.8) is 0 Å². The van der Waals surface area contributed by atoms with Crippen molar-refractivity contribution in [1.29, 1.82) is 0 Å². The van der Waals surface area contributed by atoms with Crippen LogP contribution in [0.15, 0.2) is 27.3 Å². The van der Waals surface area contributed by atoms with Gasteiger partial charge < -0.3 is 10.1 Å². The minimum absolute atomic E-state index is 0.430. The fourth-order valence-electron chi connectivity index (χ4n) is 2.21. The van der Waals surface area contributed by atoms with E-state index in [1.54, 1.807) is 13.2 Å². The number of nitrogens with zero attached hydrogens (tertiary/aromatic N) is 1. The molecule has 0 bridgehead atoms. The van der Waals surface area contributed by atoms with Gasteiger partial charge in [0.2, 0.25) is 0 Å². The molecule has 0 aliphatic carbocycles. The van der Waals surface area contributed by atoms with Gasteiger partial charge in [0.05, 0.1) is 6.61 Å². The molecule has 0 fully saturated rings. The molecule has 118 valence electrons. The first-order valence-corrected chi connectivity index (χ1v) is 9.35. The van der Waals surface area contributed by atoms with Gasteiger partial charge in [-0.2, -0.15) is 4.31 Å². The number of hydrogen-bond donors (Lipinski definition) is 1. The molecule has 1 N–H and O–H groups in total. The Bertz CT molecular complexity index is 593. The Balaban J connectivity index is 2.06. The first-order chi connectivity index (χ1) is 10.1. The van der Waals surface area contributed by atoms with Crippen molar-refractivity contribution in [2.45, 2.75) is 24.1 Å². The van der Waals surface area contributed by atoms with E-state index in [1.165, 1.54) is 21.2 Å². The molecule has 7 heteroatoms. The van der Waals surface area contributed by atoms with Crippen LogP contribution < -0.4 is 5.32 Å². The second-order valence-electron chi connectivity index (χ2n) is 4.96. The third-order valence-corrected chi connectivity index (χ3v) is 6.73. The molecule has 2 rings (SSSR count). The highest BCUT2D eigenvalue weighted by molar-refractivity contribution is 7.91.